The van der Waals surface area contributed by atoms with Crippen LogP contribution in [0.5, 0.6) is 0 Å². The van der Waals surface area contributed by atoms with Crippen molar-refractivity contribution in [2.45, 2.75) is 16.2 Å². The second-order valence-electron chi connectivity index (χ2n) is 3.93. The summed E-state index contributed by atoms with van der Waals surface area (Å²) in [4.78, 5) is 2.38. The highest BCUT2D eigenvalue weighted by atomic mass is 32.2. The van der Waals surface area contributed by atoms with Crippen molar-refractivity contribution < 1.29 is 5.21 Å². The first kappa shape index (κ1) is 10.4. The Balaban J connectivity index is 2.20. The summed E-state index contributed by atoms with van der Waals surface area (Å²) in [6, 6.07) is 16.3. The molecule has 84 valence electrons. The van der Waals surface area contributed by atoms with Crippen LogP contribution in [0.15, 0.2) is 63.5 Å². The van der Waals surface area contributed by atoms with Crippen molar-refractivity contribution in [2.75, 3.05) is 0 Å². The second kappa shape index (κ2) is 4.26. The molecule has 17 heavy (non-hydrogen) atoms. The van der Waals surface area contributed by atoms with Gasteiger partial charge in [0.15, 0.2) is 0 Å². The highest BCUT2D eigenvalue weighted by Crippen LogP contribution is 2.36. The minimum atomic E-state index is 0.677. The van der Waals surface area contributed by atoms with Crippen LogP contribution in [0.25, 0.3) is 0 Å². The van der Waals surface area contributed by atoms with Crippen molar-refractivity contribution >= 4 is 17.5 Å². The van der Waals surface area contributed by atoms with E-state index in [0.717, 1.165) is 16.2 Å². The van der Waals surface area contributed by atoms with E-state index in [-0.39, 0.29) is 0 Å². The van der Waals surface area contributed by atoms with E-state index in [0.29, 0.717) is 6.42 Å². The van der Waals surface area contributed by atoms with Gasteiger partial charge in [-0.3, -0.25) is 0 Å². The van der Waals surface area contributed by atoms with Crippen molar-refractivity contribution in [2.24, 2.45) is 5.16 Å². The zero-order valence-corrected chi connectivity index (χ0v) is 9.95. The zero-order valence-electron chi connectivity index (χ0n) is 9.13. The Labute approximate surface area is 104 Å². The highest BCUT2D eigenvalue weighted by Gasteiger charge is 2.18. The maximum absolute atomic E-state index is 9.17. The Morgan fingerprint density at radius 1 is 0.941 bits per heavy atom. The van der Waals surface area contributed by atoms with Gasteiger partial charge in [-0.15, -0.1) is 0 Å². The molecule has 0 saturated carbocycles. The molecule has 3 rings (SSSR count). The molecule has 0 aliphatic carbocycles. The number of hydrogen-bond acceptors (Lipinski definition) is 3. The van der Waals surface area contributed by atoms with Gasteiger partial charge in [-0.25, -0.2) is 0 Å². The van der Waals surface area contributed by atoms with Crippen LogP contribution in [0.2, 0.25) is 0 Å². The summed E-state index contributed by atoms with van der Waals surface area (Å²) < 4.78 is 0. The minimum absolute atomic E-state index is 0.677. The average molecular weight is 241 g/mol. The predicted molar refractivity (Wildman–Crippen MR) is 69.0 cm³/mol. The SMILES string of the molecule is O/N=C1/Cc2ccccc2Sc2ccccc21. The van der Waals surface area contributed by atoms with E-state index in [4.69, 9.17) is 5.21 Å². The Hall–Kier alpha value is -1.74. The van der Waals surface area contributed by atoms with Crippen LogP contribution in [0.1, 0.15) is 11.1 Å². The largest absolute Gasteiger partial charge is 0.411 e. The molecule has 1 heterocycles. The van der Waals surface area contributed by atoms with Crippen LogP contribution in [0.4, 0.5) is 0 Å². The molecule has 1 aliphatic heterocycles. The molecule has 0 spiro atoms. The van der Waals surface area contributed by atoms with E-state index in [2.05, 4.69) is 23.4 Å². The molecule has 0 unspecified atom stereocenters. The average Bonchev–Trinajstić information content (AvgIpc) is 2.54. The second-order valence-corrected chi connectivity index (χ2v) is 5.01. The topological polar surface area (TPSA) is 32.6 Å². The quantitative estimate of drug-likeness (QED) is 0.565. The summed E-state index contributed by atoms with van der Waals surface area (Å²) >= 11 is 1.73. The van der Waals surface area contributed by atoms with Crippen molar-refractivity contribution in [1.29, 1.82) is 0 Å². The number of fused-ring (bicyclic) bond motifs is 2. The Morgan fingerprint density at radius 2 is 1.65 bits per heavy atom. The number of benzene rings is 2. The molecule has 2 aromatic rings. The van der Waals surface area contributed by atoms with Gasteiger partial charge in [0.1, 0.15) is 0 Å². The molecule has 0 aromatic heterocycles. The summed E-state index contributed by atoms with van der Waals surface area (Å²) in [7, 11) is 0. The lowest BCUT2D eigenvalue weighted by atomic mass is 10.0. The monoisotopic (exact) mass is 241 g/mol. The Kier molecular flexibility index (Phi) is 2.61. The third kappa shape index (κ3) is 1.83. The molecule has 0 bridgehead atoms. The van der Waals surface area contributed by atoms with E-state index in [1.54, 1.807) is 11.8 Å². The van der Waals surface area contributed by atoms with Crippen LogP contribution in [0.3, 0.4) is 0 Å². The van der Waals surface area contributed by atoms with Crippen LogP contribution in [-0.2, 0) is 6.42 Å². The lowest BCUT2D eigenvalue weighted by molar-refractivity contribution is 0.318. The number of hydrogen-bond donors (Lipinski definition) is 1. The molecule has 3 heteroatoms. The van der Waals surface area contributed by atoms with Gasteiger partial charge in [-0.2, -0.15) is 0 Å². The van der Waals surface area contributed by atoms with Gasteiger partial charge in [0.2, 0.25) is 0 Å². The molecule has 0 amide bonds. The molecule has 0 fully saturated rings. The van der Waals surface area contributed by atoms with Crippen molar-refractivity contribution in [1.82, 2.24) is 0 Å². The van der Waals surface area contributed by atoms with Crippen molar-refractivity contribution in [3.63, 3.8) is 0 Å². The van der Waals surface area contributed by atoms with E-state index < -0.39 is 0 Å². The molecule has 1 aliphatic rings. The molecule has 0 radical (unpaired) electrons. The Bertz CT molecular complexity index is 592. The summed E-state index contributed by atoms with van der Waals surface area (Å²) in [5.41, 5.74) is 2.97. The van der Waals surface area contributed by atoms with Crippen LogP contribution in [0, 0.1) is 0 Å². The van der Waals surface area contributed by atoms with E-state index in [1.165, 1.54) is 10.5 Å². The van der Waals surface area contributed by atoms with Crippen molar-refractivity contribution in [3.8, 4) is 0 Å². The third-order valence-electron chi connectivity index (χ3n) is 2.87. The maximum Gasteiger partial charge on any atom is 0.0923 e. The summed E-state index contributed by atoms with van der Waals surface area (Å²) in [5, 5.41) is 12.6. The summed E-state index contributed by atoms with van der Waals surface area (Å²) in [6.45, 7) is 0. The van der Waals surface area contributed by atoms with Gasteiger partial charge in [0.25, 0.3) is 0 Å². The normalized spacial score (nSPS) is 16.1. The standard InChI is InChI=1S/C14H11NOS/c16-15-12-9-10-5-1-3-7-13(10)17-14-8-4-2-6-11(12)14/h1-8,16H,9H2/b15-12-. The number of rotatable bonds is 0. The van der Waals surface area contributed by atoms with Gasteiger partial charge < -0.3 is 5.21 Å². The summed E-state index contributed by atoms with van der Waals surface area (Å²) in [6.07, 6.45) is 0.677. The number of nitrogens with zero attached hydrogens (tertiary/aromatic N) is 1. The van der Waals surface area contributed by atoms with Gasteiger partial charge in [-0.1, -0.05) is 53.3 Å². The molecule has 0 atom stereocenters. The smallest absolute Gasteiger partial charge is 0.0923 e. The highest BCUT2D eigenvalue weighted by molar-refractivity contribution is 7.99. The van der Waals surface area contributed by atoms with Crippen LogP contribution < -0.4 is 0 Å². The fraction of sp³-hybridized carbons (Fsp3) is 0.0714. The first-order valence-electron chi connectivity index (χ1n) is 5.44. The first-order chi connectivity index (χ1) is 8.38. The van der Waals surface area contributed by atoms with Gasteiger partial charge in [0, 0.05) is 21.8 Å². The van der Waals surface area contributed by atoms with Crippen LogP contribution >= 0.6 is 11.8 Å². The lowest BCUT2D eigenvalue weighted by Crippen LogP contribution is -2.04. The zero-order chi connectivity index (χ0) is 11.7. The Morgan fingerprint density at radius 3 is 2.47 bits per heavy atom. The van der Waals surface area contributed by atoms with Gasteiger partial charge in [-0.05, 0) is 17.7 Å². The molecule has 2 aromatic carbocycles. The predicted octanol–water partition coefficient (Wildman–Crippen LogP) is 3.57. The fourth-order valence-corrected chi connectivity index (χ4v) is 3.12. The minimum Gasteiger partial charge on any atom is -0.411 e. The van der Waals surface area contributed by atoms with E-state index in [1.807, 2.05) is 30.3 Å². The number of oxime groups is 1. The summed E-state index contributed by atoms with van der Waals surface area (Å²) in [5.74, 6) is 0. The third-order valence-corrected chi connectivity index (χ3v) is 4.06. The molecular formula is C14H11NOS. The van der Waals surface area contributed by atoms with E-state index in [9.17, 15) is 0 Å². The van der Waals surface area contributed by atoms with E-state index >= 15 is 0 Å². The molecule has 2 nitrogen and oxygen atoms in total. The van der Waals surface area contributed by atoms with Crippen LogP contribution in [-0.4, -0.2) is 10.9 Å². The molecule has 1 N–H and O–H groups in total. The van der Waals surface area contributed by atoms with Crippen molar-refractivity contribution in [3.05, 3.63) is 59.7 Å². The van der Waals surface area contributed by atoms with Gasteiger partial charge >= 0.3 is 0 Å². The van der Waals surface area contributed by atoms with Gasteiger partial charge in [0.05, 0.1) is 5.71 Å². The fourth-order valence-electron chi connectivity index (χ4n) is 2.03. The molecule has 0 saturated heterocycles. The lowest BCUT2D eigenvalue weighted by Gasteiger charge is -2.04. The molecular weight excluding hydrogens is 230 g/mol. The maximum atomic E-state index is 9.17. The first-order valence-corrected chi connectivity index (χ1v) is 6.26.